The molecule has 0 amide bonds. The van der Waals surface area contributed by atoms with E-state index in [0.29, 0.717) is 33.6 Å². The number of anilines is 1. The van der Waals surface area contributed by atoms with E-state index in [2.05, 4.69) is 34.5 Å². The molecule has 15 heteroatoms. The Morgan fingerprint density at radius 1 is 1.25 bits per heavy atom. The molecule has 0 aliphatic rings. The molecule has 0 aliphatic heterocycles. The van der Waals surface area contributed by atoms with E-state index in [1.165, 1.54) is 10.9 Å². The van der Waals surface area contributed by atoms with Gasteiger partial charge in [0.25, 0.3) is 5.56 Å². The normalized spacial score (nSPS) is 13.4. The zero-order valence-electron chi connectivity index (χ0n) is 16.8. The minimum absolute atomic E-state index is 0.0836. The van der Waals surface area contributed by atoms with Gasteiger partial charge in [0.05, 0.1) is 36.0 Å². The van der Waals surface area contributed by atoms with Crippen LogP contribution in [-0.4, -0.2) is 51.6 Å². The molecule has 32 heavy (non-hydrogen) atoms. The molecular formula is C17H20Cl2N5O7P. The van der Waals surface area contributed by atoms with Crippen LogP contribution in [0.25, 0.3) is 11.0 Å². The van der Waals surface area contributed by atoms with Crippen molar-refractivity contribution in [2.75, 3.05) is 32.2 Å². The molecule has 3 rings (SSSR count). The predicted molar refractivity (Wildman–Crippen MR) is 117 cm³/mol. The second-order valence-electron chi connectivity index (χ2n) is 6.28. The van der Waals surface area contributed by atoms with E-state index in [-0.39, 0.29) is 31.9 Å². The minimum Gasteiger partial charge on any atom is -0.377 e. The molecule has 0 saturated heterocycles. The Morgan fingerprint density at radius 2 is 2.06 bits per heavy atom. The van der Waals surface area contributed by atoms with Gasteiger partial charge < -0.3 is 14.9 Å². The molecule has 12 nitrogen and oxygen atoms in total. The first-order valence-electron chi connectivity index (χ1n) is 9.20. The topological polar surface area (TPSA) is 150 Å². The van der Waals surface area contributed by atoms with Crippen molar-refractivity contribution in [2.24, 2.45) is 0 Å². The molecule has 0 fully saturated rings. The number of phosphoric ester groups is 1. The number of ether oxygens (including phenoxy) is 1. The van der Waals surface area contributed by atoms with Crippen molar-refractivity contribution in [1.29, 1.82) is 0 Å². The maximum atomic E-state index is 12.5. The number of hydrogen-bond donors (Lipinski definition) is 3. The van der Waals surface area contributed by atoms with Gasteiger partial charge in [-0.1, -0.05) is 29.3 Å². The Kier molecular flexibility index (Phi) is 8.63. The summed E-state index contributed by atoms with van der Waals surface area (Å²) in [6.45, 7) is 0.860. The monoisotopic (exact) mass is 507 g/mol. The minimum atomic E-state index is -4.19. The van der Waals surface area contributed by atoms with Crippen LogP contribution < -0.4 is 10.9 Å². The first-order chi connectivity index (χ1) is 15.3. The SMILES string of the molecule is COP(=O)(O)OOCCOCCn1ncc2nc(NCc3ccc(Cl)c(Cl)c3)[nH]c(=O)c21. The number of benzene rings is 1. The number of aromatic nitrogens is 4. The fraction of sp³-hybridized carbons (Fsp3) is 0.353. The fourth-order valence-corrected chi connectivity index (χ4v) is 3.16. The largest absolute Gasteiger partial charge is 0.499 e. The summed E-state index contributed by atoms with van der Waals surface area (Å²) in [4.78, 5) is 33.1. The third-order valence-electron chi connectivity index (χ3n) is 4.08. The predicted octanol–water partition coefficient (Wildman–Crippen LogP) is 2.75. The van der Waals surface area contributed by atoms with Crippen LogP contribution in [0.1, 0.15) is 5.56 Å². The number of hydrogen-bond acceptors (Lipinski definition) is 9. The number of aromatic amines is 1. The number of H-pyrrole nitrogens is 1. The summed E-state index contributed by atoms with van der Waals surface area (Å²) >= 11 is 11.9. The van der Waals surface area contributed by atoms with Crippen molar-refractivity contribution in [3.8, 4) is 0 Å². The maximum Gasteiger partial charge on any atom is 0.499 e. The van der Waals surface area contributed by atoms with Crippen LogP contribution in [0, 0.1) is 0 Å². The molecule has 2 heterocycles. The van der Waals surface area contributed by atoms with E-state index in [0.717, 1.165) is 12.7 Å². The Morgan fingerprint density at radius 3 is 2.81 bits per heavy atom. The highest BCUT2D eigenvalue weighted by Gasteiger charge is 2.19. The van der Waals surface area contributed by atoms with Crippen LogP contribution >= 0.6 is 31.0 Å². The molecule has 0 saturated carbocycles. The zero-order chi connectivity index (χ0) is 23.1. The van der Waals surface area contributed by atoms with Gasteiger partial charge in [0.1, 0.15) is 12.1 Å². The summed E-state index contributed by atoms with van der Waals surface area (Å²) in [6, 6.07) is 5.23. The lowest BCUT2D eigenvalue weighted by molar-refractivity contribution is -0.230. The summed E-state index contributed by atoms with van der Waals surface area (Å²) in [5.74, 6) is 0.291. The lowest BCUT2D eigenvalue weighted by Crippen LogP contribution is -2.18. The number of nitrogens with zero attached hydrogens (tertiary/aromatic N) is 3. The third kappa shape index (κ3) is 6.74. The average molecular weight is 508 g/mol. The highest BCUT2D eigenvalue weighted by atomic mass is 35.5. The number of rotatable bonds is 12. The van der Waals surface area contributed by atoms with Crippen molar-refractivity contribution < 1.29 is 28.3 Å². The lowest BCUT2D eigenvalue weighted by Gasteiger charge is -2.09. The van der Waals surface area contributed by atoms with Gasteiger partial charge in [-0.25, -0.2) is 14.4 Å². The molecule has 1 unspecified atom stereocenters. The van der Waals surface area contributed by atoms with Crippen molar-refractivity contribution in [3.05, 3.63) is 50.4 Å². The molecule has 3 N–H and O–H groups in total. The van der Waals surface area contributed by atoms with Crippen LogP contribution in [0.5, 0.6) is 0 Å². The summed E-state index contributed by atoms with van der Waals surface area (Å²) in [5.41, 5.74) is 1.22. The fourth-order valence-electron chi connectivity index (χ4n) is 2.57. The van der Waals surface area contributed by atoms with Crippen molar-refractivity contribution in [2.45, 2.75) is 13.1 Å². The molecule has 0 radical (unpaired) electrons. The summed E-state index contributed by atoms with van der Waals surface area (Å²) in [7, 11) is -3.17. The summed E-state index contributed by atoms with van der Waals surface area (Å²) in [5, 5.41) is 8.10. The lowest BCUT2D eigenvalue weighted by atomic mass is 10.2. The van der Waals surface area contributed by atoms with Crippen LogP contribution in [0.2, 0.25) is 10.0 Å². The van der Waals surface area contributed by atoms with Crippen molar-refractivity contribution in [3.63, 3.8) is 0 Å². The number of halogens is 2. The first kappa shape index (κ1) is 24.6. The average Bonchev–Trinajstić information content (AvgIpc) is 3.17. The Labute approximate surface area is 191 Å². The maximum absolute atomic E-state index is 12.5. The third-order valence-corrected chi connectivity index (χ3v) is 5.57. The Hall–Kier alpha value is -2.02. The van der Waals surface area contributed by atoms with E-state index in [1.807, 2.05) is 6.07 Å². The molecular weight excluding hydrogens is 488 g/mol. The van der Waals surface area contributed by atoms with Crippen LogP contribution in [0.4, 0.5) is 5.95 Å². The highest BCUT2D eigenvalue weighted by molar-refractivity contribution is 7.47. The molecule has 0 bridgehead atoms. The van der Waals surface area contributed by atoms with Crippen LogP contribution in [0.3, 0.4) is 0 Å². The van der Waals surface area contributed by atoms with Crippen LogP contribution in [0.15, 0.2) is 29.2 Å². The van der Waals surface area contributed by atoms with Crippen molar-refractivity contribution in [1.82, 2.24) is 19.7 Å². The molecule has 0 spiro atoms. The van der Waals surface area contributed by atoms with Gasteiger partial charge in [-0.15, -0.1) is 4.67 Å². The zero-order valence-corrected chi connectivity index (χ0v) is 19.2. The number of phosphoric acid groups is 1. The van der Waals surface area contributed by atoms with E-state index in [4.69, 9.17) is 32.8 Å². The number of nitrogens with one attached hydrogen (secondary N) is 2. The van der Waals surface area contributed by atoms with E-state index in [9.17, 15) is 9.36 Å². The van der Waals surface area contributed by atoms with Gasteiger partial charge in [0.2, 0.25) is 5.95 Å². The Balaban J connectivity index is 1.51. The highest BCUT2D eigenvalue weighted by Crippen LogP contribution is 2.41. The molecule has 2 aromatic heterocycles. The summed E-state index contributed by atoms with van der Waals surface area (Å²) in [6.07, 6.45) is 1.48. The van der Waals surface area contributed by atoms with Gasteiger partial charge >= 0.3 is 7.82 Å². The second-order valence-corrected chi connectivity index (χ2v) is 8.54. The smallest absolute Gasteiger partial charge is 0.377 e. The van der Waals surface area contributed by atoms with Gasteiger partial charge in [0, 0.05) is 13.7 Å². The number of fused-ring (bicyclic) bond motifs is 1. The molecule has 0 aliphatic carbocycles. The quantitative estimate of drug-likeness (QED) is 0.144. The molecule has 3 aromatic rings. The van der Waals surface area contributed by atoms with Gasteiger partial charge in [-0.05, 0) is 17.7 Å². The van der Waals surface area contributed by atoms with E-state index < -0.39 is 7.82 Å². The van der Waals surface area contributed by atoms with Crippen molar-refractivity contribution >= 4 is 48.0 Å². The van der Waals surface area contributed by atoms with Gasteiger partial charge in [-0.3, -0.25) is 19.0 Å². The van der Waals surface area contributed by atoms with E-state index in [1.54, 1.807) is 12.1 Å². The standard InChI is InChI=1S/C17H20Cl2N5O7P/c1-28-32(26,27)31-30-7-6-29-5-4-24-15-14(10-21-24)22-17(23-16(15)25)20-9-11-2-3-12(18)13(19)8-11/h2-3,8,10H,4-7,9H2,1H3,(H,26,27)(H2,20,22,23,25). The van der Waals surface area contributed by atoms with Gasteiger partial charge in [0.15, 0.2) is 5.52 Å². The molecule has 174 valence electrons. The first-order valence-corrected chi connectivity index (χ1v) is 11.5. The Bertz CT molecular complexity index is 1170. The molecule has 1 aromatic carbocycles. The van der Waals surface area contributed by atoms with E-state index >= 15 is 0 Å². The van der Waals surface area contributed by atoms with Gasteiger partial charge in [-0.2, -0.15) is 5.10 Å². The summed E-state index contributed by atoms with van der Waals surface area (Å²) < 4.78 is 26.2. The van der Waals surface area contributed by atoms with Crippen LogP contribution in [-0.2, 0) is 36.5 Å². The molecule has 1 atom stereocenters. The second kappa shape index (κ2) is 11.2.